The lowest BCUT2D eigenvalue weighted by Gasteiger charge is -2.36. The van der Waals surface area contributed by atoms with Crippen molar-refractivity contribution in [2.45, 2.75) is 50.6 Å². The Hall–Kier alpha value is -1.81. The second kappa shape index (κ2) is 9.34. The summed E-state index contributed by atoms with van der Waals surface area (Å²) in [4.78, 5) is 17.8. The van der Waals surface area contributed by atoms with Gasteiger partial charge < -0.3 is 19.7 Å². The topological polar surface area (TPSA) is 63.7 Å². The molecule has 2 heterocycles. The molecule has 11 heteroatoms. The number of carbonyl (C=O) groups is 1. The molecule has 1 aromatic rings. The van der Waals surface area contributed by atoms with Crippen LogP contribution in [0.3, 0.4) is 0 Å². The molecule has 2 aliphatic rings. The number of amides is 1. The maximum atomic E-state index is 14.4. The SMILES string of the molecule is COc1nc(OC2CC(C(F)(F)F)C2)c(F)cc1CN(C)C(=O)[C@@H]1CCCN1.Cl. The summed E-state index contributed by atoms with van der Waals surface area (Å²) >= 11 is 0. The molecule has 1 saturated heterocycles. The summed E-state index contributed by atoms with van der Waals surface area (Å²) in [5.74, 6) is -2.65. The molecular formula is C18H24ClF4N3O3. The highest BCUT2D eigenvalue weighted by Crippen LogP contribution is 2.43. The van der Waals surface area contributed by atoms with E-state index in [1.807, 2.05) is 0 Å². The molecule has 1 atom stereocenters. The summed E-state index contributed by atoms with van der Waals surface area (Å²) in [5.41, 5.74) is 0.350. The lowest BCUT2D eigenvalue weighted by atomic mass is 9.82. The van der Waals surface area contributed by atoms with Gasteiger partial charge in [-0.15, -0.1) is 12.4 Å². The zero-order valence-electron chi connectivity index (χ0n) is 16.1. The van der Waals surface area contributed by atoms with E-state index in [4.69, 9.17) is 9.47 Å². The van der Waals surface area contributed by atoms with Gasteiger partial charge in [-0.25, -0.2) is 4.39 Å². The molecule has 0 spiro atoms. The van der Waals surface area contributed by atoms with E-state index in [0.29, 0.717) is 5.56 Å². The van der Waals surface area contributed by atoms with Gasteiger partial charge in [-0.3, -0.25) is 4.79 Å². The highest BCUT2D eigenvalue weighted by atomic mass is 35.5. The first-order chi connectivity index (χ1) is 13.2. The van der Waals surface area contributed by atoms with Crippen LogP contribution in [0.4, 0.5) is 17.6 Å². The van der Waals surface area contributed by atoms with E-state index in [0.717, 1.165) is 25.5 Å². The Morgan fingerprint density at radius 2 is 2.03 bits per heavy atom. The van der Waals surface area contributed by atoms with Crippen LogP contribution in [0.25, 0.3) is 0 Å². The van der Waals surface area contributed by atoms with E-state index < -0.39 is 29.9 Å². The molecule has 29 heavy (non-hydrogen) atoms. The molecule has 3 rings (SSSR count). The summed E-state index contributed by atoms with van der Waals surface area (Å²) < 4.78 is 62.5. The minimum absolute atomic E-state index is 0. The van der Waals surface area contributed by atoms with Crippen molar-refractivity contribution >= 4 is 18.3 Å². The van der Waals surface area contributed by atoms with Crippen molar-refractivity contribution in [1.29, 1.82) is 0 Å². The summed E-state index contributed by atoms with van der Waals surface area (Å²) in [6, 6.07) is 0.893. The average molecular weight is 442 g/mol. The second-order valence-corrected chi connectivity index (χ2v) is 7.24. The van der Waals surface area contributed by atoms with Crippen molar-refractivity contribution in [3.05, 3.63) is 17.4 Å². The van der Waals surface area contributed by atoms with Crippen molar-refractivity contribution in [3.8, 4) is 11.8 Å². The third-order valence-corrected chi connectivity index (χ3v) is 5.15. The van der Waals surface area contributed by atoms with E-state index in [2.05, 4.69) is 10.3 Å². The minimum atomic E-state index is -4.27. The summed E-state index contributed by atoms with van der Waals surface area (Å²) in [6.07, 6.45) is -3.77. The fraction of sp³-hybridized carbons (Fsp3) is 0.667. The molecule has 1 N–H and O–H groups in total. The number of alkyl halides is 3. The lowest BCUT2D eigenvalue weighted by Crippen LogP contribution is -2.42. The van der Waals surface area contributed by atoms with Crippen LogP contribution in [0.5, 0.6) is 11.8 Å². The van der Waals surface area contributed by atoms with Gasteiger partial charge in [0.05, 0.1) is 25.6 Å². The van der Waals surface area contributed by atoms with Gasteiger partial charge >= 0.3 is 6.18 Å². The maximum absolute atomic E-state index is 14.4. The molecule has 1 aliphatic carbocycles. The third-order valence-electron chi connectivity index (χ3n) is 5.15. The van der Waals surface area contributed by atoms with Gasteiger partial charge in [0.15, 0.2) is 5.82 Å². The molecule has 1 amide bonds. The van der Waals surface area contributed by atoms with E-state index in [1.54, 1.807) is 7.05 Å². The molecular weight excluding hydrogens is 418 g/mol. The zero-order valence-corrected chi connectivity index (χ0v) is 16.9. The first kappa shape index (κ1) is 23.5. The van der Waals surface area contributed by atoms with Crippen LogP contribution in [0.2, 0.25) is 0 Å². The fourth-order valence-electron chi connectivity index (χ4n) is 3.45. The van der Waals surface area contributed by atoms with Crippen molar-refractivity contribution in [3.63, 3.8) is 0 Å². The van der Waals surface area contributed by atoms with E-state index in [1.165, 1.54) is 12.0 Å². The third kappa shape index (κ3) is 5.42. The number of methoxy groups -OCH3 is 1. The maximum Gasteiger partial charge on any atom is 0.392 e. The number of likely N-dealkylation sites (N-methyl/N-ethyl adjacent to an activating group) is 1. The van der Waals surface area contributed by atoms with Crippen LogP contribution in [-0.2, 0) is 11.3 Å². The van der Waals surface area contributed by atoms with Gasteiger partial charge in [0.25, 0.3) is 5.88 Å². The van der Waals surface area contributed by atoms with Gasteiger partial charge in [-0.1, -0.05) is 0 Å². The van der Waals surface area contributed by atoms with Crippen molar-refractivity contribution < 1.29 is 31.8 Å². The first-order valence-corrected chi connectivity index (χ1v) is 9.14. The summed E-state index contributed by atoms with van der Waals surface area (Å²) in [7, 11) is 2.95. The molecule has 164 valence electrons. The van der Waals surface area contributed by atoms with Crippen molar-refractivity contribution in [1.82, 2.24) is 15.2 Å². The predicted molar refractivity (Wildman–Crippen MR) is 98.7 cm³/mol. The van der Waals surface area contributed by atoms with Crippen molar-refractivity contribution in [2.24, 2.45) is 5.92 Å². The second-order valence-electron chi connectivity index (χ2n) is 7.24. The normalized spacial score (nSPS) is 23.7. The number of hydrogen-bond donors (Lipinski definition) is 1. The standard InChI is InChI=1S/C18H23F4N3O3.ClH/c1-25(17(26)14-4-3-5-23-14)9-10-6-13(19)16(24-15(10)27-2)28-12-7-11(8-12)18(20,21)22;/h6,11-12,14,23H,3-5,7-9H2,1-2H3;1H/t11?,12?,14-;/m0./s1. The lowest BCUT2D eigenvalue weighted by molar-refractivity contribution is -0.210. The molecule has 0 radical (unpaired) electrons. The number of nitrogens with one attached hydrogen (secondary N) is 1. The van der Waals surface area contributed by atoms with E-state index in [9.17, 15) is 22.4 Å². The summed E-state index contributed by atoms with van der Waals surface area (Å²) in [5, 5.41) is 3.11. The number of carbonyl (C=O) groups excluding carboxylic acids is 1. The fourth-order valence-corrected chi connectivity index (χ4v) is 3.45. The Morgan fingerprint density at radius 1 is 1.34 bits per heavy atom. The Bertz CT molecular complexity index is 723. The Balaban J connectivity index is 0.00000300. The number of rotatable bonds is 6. The number of halogens is 5. The molecule has 0 bridgehead atoms. The molecule has 0 unspecified atom stereocenters. The van der Waals surface area contributed by atoms with Crippen LogP contribution in [0.1, 0.15) is 31.2 Å². The molecule has 2 fully saturated rings. The van der Waals surface area contributed by atoms with Crippen LogP contribution >= 0.6 is 12.4 Å². The highest BCUT2D eigenvalue weighted by Gasteiger charge is 2.49. The molecule has 1 aromatic heterocycles. The van der Waals surface area contributed by atoms with Crippen LogP contribution < -0.4 is 14.8 Å². The van der Waals surface area contributed by atoms with Crippen LogP contribution in [0.15, 0.2) is 6.07 Å². The van der Waals surface area contributed by atoms with Gasteiger partial charge in [0.1, 0.15) is 6.10 Å². The largest absolute Gasteiger partial charge is 0.481 e. The number of pyridine rings is 1. The highest BCUT2D eigenvalue weighted by molar-refractivity contribution is 5.85. The van der Waals surface area contributed by atoms with Crippen molar-refractivity contribution in [2.75, 3.05) is 20.7 Å². The summed E-state index contributed by atoms with van der Waals surface area (Å²) in [6.45, 7) is 0.871. The number of ether oxygens (including phenoxy) is 2. The number of nitrogens with zero attached hydrogens (tertiary/aromatic N) is 2. The Kier molecular flexibility index (Phi) is 7.56. The van der Waals surface area contributed by atoms with E-state index in [-0.39, 0.29) is 49.6 Å². The van der Waals surface area contributed by atoms with Crippen LogP contribution in [0, 0.1) is 11.7 Å². The number of hydrogen-bond acceptors (Lipinski definition) is 5. The molecule has 6 nitrogen and oxygen atoms in total. The Morgan fingerprint density at radius 3 is 2.59 bits per heavy atom. The molecule has 1 aliphatic heterocycles. The van der Waals surface area contributed by atoms with Gasteiger partial charge in [0.2, 0.25) is 11.8 Å². The van der Waals surface area contributed by atoms with Gasteiger partial charge in [0, 0.05) is 12.6 Å². The zero-order chi connectivity index (χ0) is 20.5. The minimum Gasteiger partial charge on any atom is -0.481 e. The van der Waals surface area contributed by atoms with Crippen LogP contribution in [-0.4, -0.2) is 54.8 Å². The Labute approximate surface area is 172 Å². The number of aromatic nitrogens is 1. The average Bonchev–Trinajstić information content (AvgIpc) is 3.11. The smallest absolute Gasteiger partial charge is 0.392 e. The first-order valence-electron chi connectivity index (χ1n) is 9.14. The monoisotopic (exact) mass is 441 g/mol. The van der Waals surface area contributed by atoms with Gasteiger partial charge in [-0.2, -0.15) is 18.2 Å². The predicted octanol–water partition coefficient (Wildman–Crippen LogP) is 3.08. The quantitative estimate of drug-likeness (QED) is 0.687. The van der Waals surface area contributed by atoms with E-state index >= 15 is 0 Å². The molecule has 0 aromatic carbocycles. The molecule has 1 saturated carbocycles. The van der Waals surface area contributed by atoms with Gasteiger partial charge in [-0.05, 0) is 38.3 Å².